The van der Waals surface area contributed by atoms with Crippen LogP contribution < -0.4 is 5.73 Å². The van der Waals surface area contributed by atoms with Gasteiger partial charge in [-0.2, -0.15) is 11.8 Å². The summed E-state index contributed by atoms with van der Waals surface area (Å²) >= 11 is 7.48. The van der Waals surface area contributed by atoms with Crippen LogP contribution >= 0.6 is 23.4 Å². The van der Waals surface area contributed by atoms with Crippen molar-refractivity contribution in [1.82, 2.24) is 4.90 Å². The second-order valence-electron chi connectivity index (χ2n) is 5.86. The topological polar surface area (TPSA) is 58.7 Å². The smallest absolute Gasteiger partial charge is 0.235 e. The number of thioether (sulfide) groups is 1. The third-order valence-electron chi connectivity index (χ3n) is 4.28. The van der Waals surface area contributed by atoms with Gasteiger partial charge in [-0.15, -0.1) is 0 Å². The maximum Gasteiger partial charge on any atom is 0.235 e. The standard InChI is InChI=1S/C18H24ClN3OS/c1-4-13-11-22(18(23)12(2)24-3)10-9-16(13)21-17(20)14-5-7-15(19)8-6-14/h5-9,12-13H,4,10-11H2,1-3H3,(H2,20,21). The van der Waals surface area contributed by atoms with Crippen molar-refractivity contribution in [2.75, 3.05) is 19.3 Å². The number of benzene rings is 1. The number of amides is 1. The van der Waals surface area contributed by atoms with Crippen LogP contribution in [0.1, 0.15) is 25.8 Å². The fourth-order valence-electron chi connectivity index (χ4n) is 2.64. The van der Waals surface area contributed by atoms with E-state index in [1.54, 1.807) is 23.9 Å². The molecular formula is C18H24ClN3OS. The maximum absolute atomic E-state index is 12.4. The summed E-state index contributed by atoms with van der Waals surface area (Å²) in [6.07, 6.45) is 4.90. The average molecular weight is 366 g/mol. The van der Waals surface area contributed by atoms with Crippen LogP contribution in [0.15, 0.2) is 41.0 Å². The molecule has 0 saturated carbocycles. The first-order valence-electron chi connectivity index (χ1n) is 8.08. The van der Waals surface area contributed by atoms with Crippen LogP contribution in [0, 0.1) is 5.92 Å². The maximum atomic E-state index is 12.4. The van der Waals surface area contributed by atoms with Gasteiger partial charge in [0.25, 0.3) is 0 Å². The number of nitrogens with zero attached hydrogens (tertiary/aromatic N) is 2. The summed E-state index contributed by atoms with van der Waals surface area (Å²) in [4.78, 5) is 18.9. The molecule has 1 aromatic carbocycles. The molecule has 2 atom stereocenters. The van der Waals surface area contributed by atoms with Crippen molar-refractivity contribution in [3.8, 4) is 0 Å². The van der Waals surface area contributed by atoms with E-state index in [-0.39, 0.29) is 17.1 Å². The van der Waals surface area contributed by atoms with Crippen LogP contribution in [0.5, 0.6) is 0 Å². The van der Waals surface area contributed by atoms with Gasteiger partial charge < -0.3 is 10.6 Å². The quantitative estimate of drug-likeness (QED) is 0.641. The molecule has 2 N–H and O–H groups in total. The lowest BCUT2D eigenvalue weighted by molar-refractivity contribution is -0.130. The minimum atomic E-state index is -0.0138. The Morgan fingerprint density at radius 1 is 1.46 bits per heavy atom. The molecule has 1 aliphatic rings. The van der Waals surface area contributed by atoms with E-state index in [9.17, 15) is 4.79 Å². The molecular weight excluding hydrogens is 342 g/mol. The molecule has 24 heavy (non-hydrogen) atoms. The number of carbonyl (C=O) groups excluding carboxylic acids is 1. The average Bonchev–Trinajstić information content (AvgIpc) is 2.61. The SMILES string of the molecule is CCC1CN(C(=O)C(C)SC)CC=C1N=C(N)c1ccc(Cl)cc1. The van der Waals surface area contributed by atoms with E-state index in [1.165, 1.54) is 0 Å². The second-order valence-corrected chi connectivity index (χ2v) is 7.47. The van der Waals surface area contributed by atoms with Crippen molar-refractivity contribution in [3.05, 3.63) is 46.6 Å². The van der Waals surface area contributed by atoms with Crippen LogP contribution in [-0.2, 0) is 4.79 Å². The Bertz CT molecular complexity index is 642. The minimum Gasteiger partial charge on any atom is -0.383 e. The summed E-state index contributed by atoms with van der Waals surface area (Å²) < 4.78 is 0. The minimum absolute atomic E-state index is 0.0138. The molecule has 0 aliphatic carbocycles. The Labute approximate surface area is 153 Å². The Morgan fingerprint density at radius 3 is 2.71 bits per heavy atom. The van der Waals surface area contributed by atoms with Gasteiger partial charge in [-0.1, -0.05) is 18.5 Å². The van der Waals surface area contributed by atoms with Crippen molar-refractivity contribution >= 4 is 35.1 Å². The highest BCUT2D eigenvalue weighted by molar-refractivity contribution is 7.99. The van der Waals surface area contributed by atoms with Gasteiger partial charge in [-0.3, -0.25) is 4.79 Å². The molecule has 1 aliphatic heterocycles. The zero-order valence-corrected chi connectivity index (χ0v) is 15.9. The number of hydrogen-bond donors (Lipinski definition) is 1. The first-order valence-corrected chi connectivity index (χ1v) is 9.74. The van der Waals surface area contributed by atoms with Gasteiger partial charge in [0.1, 0.15) is 5.84 Å². The fourth-order valence-corrected chi connectivity index (χ4v) is 3.12. The largest absolute Gasteiger partial charge is 0.383 e. The van der Waals surface area contributed by atoms with E-state index in [0.29, 0.717) is 23.9 Å². The third kappa shape index (κ3) is 4.54. The molecule has 1 heterocycles. The second kappa shape index (κ2) is 8.58. The summed E-state index contributed by atoms with van der Waals surface area (Å²) in [6, 6.07) is 7.33. The lowest BCUT2D eigenvalue weighted by Crippen LogP contribution is -2.42. The summed E-state index contributed by atoms with van der Waals surface area (Å²) in [5, 5.41) is 0.659. The summed E-state index contributed by atoms with van der Waals surface area (Å²) in [5.41, 5.74) is 7.95. The van der Waals surface area contributed by atoms with Gasteiger partial charge in [0.2, 0.25) is 5.91 Å². The molecule has 0 saturated heterocycles. The molecule has 0 aromatic heterocycles. The highest BCUT2D eigenvalue weighted by Crippen LogP contribution is 2.24. The van der Waals surface area contributed by atoms with E-state index < -0.39 is 0 Å². The van der Waals surface area contributed by atoms with Gasteiger partial charge in [0.15, 0.2) is 0 Å². The van der Waals surface area contributed by atoms with Crippen LogP contribution in [-0.4, -0.2) is 41.2 Å². The highest BCUT2D eigenvalue weighted by atomic mass is 35.5. The zero-order chi connectivity index (χ0) is 17.7. The number of hydrogen-bond acceptors (Lipinski definition) is 3. The molecule has 6 heteroatoms. The molecule has 130 valence electrons. The summed E-state index contributed by atoms with van der Waals surface area (Å²) in [5.74, 6) is 0.877. The first kappa shape index (κ1) is 18.9. The number of carbonyl (C=O) groups is 1. The van der Waals surface area contributed by atoms with Crippen molar-refractivity contribution in [3.63, 3.8) is 0 Å². The monoisotopic (exact) mass is 365 g/mol. The third-order valence-corrected chi connectivity index (χ3v) is 5.44. The van der Waals surface area contributed by atoms with Crippen LogP contribution in [0.2, 0.25) is 5.02 Å². The molecule has 1 aromatic rings. The van der Waals surface area contributed by atoms with Crippen molar-refractivity contribution in [1.29, 1.82) is 0 Å². The molecule has 0 fully saturated rings. The van der Waals surface area contributed by atoms with E-state index in [1.807, 2.05) is 36.3 Å². The predicted octanol–water partition coefficient (Wildman–Crippen LogP) is 3.55. The predicted molar refractivity (Wildman–Crippen MR) is 104 cm³/mol. The molecule has 2 unspecified atom stereocenters. The Balaban J connectivity index is 2.17. The van der Waals surface area contributed by atoms with Crippen LogP contribution in [0.3, 0.4) is 0 Å². The molecule has 4 nitrogen and oxygen atoms in total. The van der Waals surface area contributed by atoms with Gasteiger partial charge in [-0.05, 0) is 49.9 Å². The Kier molecular flexibility index (Phi) is 6.75. The molecule has 1 amide bonds. The van der Waals surface area contributed by atoms with Gasteiger partial charge in [-0.25, -0.2) is 4.99 Å². The summed E-state index contributed by atoms with van der Waals surface area (Å²) in [6.45, 7) is 5.35. The van der Waals surface area contributed by atoms with E-state index in [4.69, 9.17) is 17.3 Å². The number of nitrogens with two attached hydrogens (primary N) is 1. The normalized spacial score (nSPS) is 19.8. The Hall–Kier alpha value is -1.46. The van der Waals surface area contributed by atoms with E-state index in [2.05, 4.69) is 11.9 Å². The van der Waals surface area contributed by atoms with Gasteiger partial charge in [0.05, 0.1) is 5.25 Å². The summed E-state index contributed by atoms with van der Waals surface area (Å²) in [7, 11) is 0. The first-order chi connectivity index (χ1) is 11.5. The highest BCUT2D eigenvalue weighted by Gasteiger charge is 2.27. The number of halogens is 1. The number of rotatable bonds is 5. The van der Waals surface area contributed by atoms with E-state index >= 15 is 0 Å². The van der Waals surface area contributed by atoms with E-state index in [0.717, 1.165) is 17.7 Å². The van der Waals surface area contributed by atoms with Crippen LogP contribution in [0.25, 0.3) is 0 Å². The zero-order valence-electron chi connectivity index (χ0n) is 14.3. The lowest BCUT2D eigenvalue weighted by Gasteiger charge is -2.32. The van der Waals surface area contributed by atoms with Crippen molar-refractivity contribution < 1.29 is 4.79 Å². The fraction of sp³-hybridized carbons (Fsp3) is 0.444. The van der Waals surface area contributed by atoms with Gasteiger partial charge >= 0.3 is 0 Å². The number of aliphatic imine (C=N–C) groups is 1. The van der Waals surface area contributed by atoms with Crippen molar-refractivity contribution in [2.45, 2.75) is 25.5 Å². The molecule has 2 rings (SSSR count). The lowest BCUT2D eigenvalue weighted by atomic mass is 9.97. The molecule has 0 radical (unpaired) electrons. The van der Waals surface area contributed by atoms with Crippen LogP contribution in [0.4, 0.5) is 0 Å². The Morgan fingerprint density at radius 2 is 2.12 bits per heavy atom. The molecule has 0 bridgehead atoms. The number of amidine groups is 1. The molecule has 0 spiro atoms. The van der Waals surface area contributed by atoms with Crippen molar-refractivity contribution in [2.24, 2.45) is 16.6 Å². The van der Waals surface area contributed by atoms with Gasteiger partial charge in [0, 0.05) is 35.3 Å².